The SMILES string of the molecule is CCOC(=O)CC1Nc2ccccc2S1. The van der Waals surface area contributed by atoms with Crippen molar-refractivity contribution in [2.75, 3.05) is 11.9 Å². The van der Waals surface area contributed by atoms with Crippen LogP contribution in [-0.2, 0) is 9.53 Å². The maximum Gasteiger partial charge on any atom is 0.308 e. The van der Waals surface area contributed by atoms with E-state index in [0.717, 1.165) is 5.69 Å². The van der Waals surface area contributed by atoms with Crippen LogP contribution in [0.1, 0.15) is 13.3 Å². The van der Waals surface area contributed by atoms with Gasteiger partial charge in [0.25, 0.3) is 0 Å². The number of ether oxygens (including phenoxy) is 1. The quantitative estimate of drug-likeness (QED) is 0.799. The van der Waals surface area contributed by atoms with Crippen molar-refractivity contribution in [1.82, 2.24) is 0 Å². The Morgan fingerprint density at radius 2 is 2.33 bits per heavy atom. The number of hydrogen-bond donors (Lipinski definition) is 1. The van der Waals surface area contributed by atoms with E-state index in [2.05, 4.69) is 11.4 Å². The van der Waals surface area contributed by atoms with Crippen molar-refractivity contribution < 1.29 is 9.53 Å². The number of esters is 1. The molecule has 1 atom stereocenters. The molecule has 2 rings (SSSR count). The molecule has 1 unspecified atom stereocenters. The van der Waals surface area contributed by atoms with Gasteiger partial charge in [-0.2, -0.15) is 0 Å². The highest BCUT2D eigenvalue weighted by Crippen LogP contribution is 2.39. The summed E-state index contributed by atoms with van der Waals surface area (Å²) in [4.78, 5) is 12.5. The second kappa shape index (κ2) is 4.57. The van der Waals surface area contributed by atoms with Gasteiger partial charge in [-0.25, -0.2) is 0 Å². The summed E-state index contributed by atoms with van der Waals surface area (Å²) < 4.78 is 4.91. The van der Waals surface area contributed by atoms with Crippen molar-refractivity contribution in [3.63, 3.8) is 0 Å². The van der Waals surface area contributed by atoms with E-state index in [0.29, 0.717) is 13.0 Å². The smallest absolute Gasteiger partial charge is 0.308 e. The number of carbonyl (C=O) groups excluding carboxylic acids is 1. The number of carbonyl (C=O) groups is 1. The van der Waals surface area contributed by atoms with E-state index in [1.807, 2.05) is 25.1 Å². The van der Waals surface area contributed by atoms with Gasteiger partial charge >= 0.3 is 5.97 Å². The Hall–Kier alpha value is -1.16. The van der Waals surface area contributed by atoms with Crippen LogP contribution in [0.15, 0.2) is 29.2 Å². The van der Waals surface area contributed by atoms with E-state index in [1.54, 1.807) is 11.8 Å². The van der Waals surface area contributed by atoms with E-state index < -0.39 is 0 Å². The molecule has 0 saturated carbocycles. The molecule has 0 bridgehead atoms. The van der Waals surface area contributed by atoms with Crippen LogP contribution in [0.5, 0.6) is 0 Å². The van der Waals surface area contributed by atoms with E-state index >= 15 is 0 Å². The molecule has 1 aliphatic rings. The largest absolute Gasteiger partial charge is 0.466 e. The Bertz CT molecular complexity index is 342. The Morgan fingerprint density at radius 3 is 3.07 bits per heavy atom. The summed E-state index contributed by atoms with van der Waals surface area (Å²) in [5.74, 6) is -0.143. The summed E-state index contributed by atoms with van der Waals surface area (Å²) in [6.45, 7) is 2.27. The molecule has 1 aromatic carbocycles. The first-order valence-corrected chi connectivity index (χ1v) is 5.85. The topological polar surface area (TPSA) is 38.3 Å². The van der Waals surface area contributed by atoms with Crippen molar-refractivity contribution in [2.24, 2.45) is 0 Å². The molecular formula is C11H13NO2S. The minimum Gasteiger partial charge on any atom is -0.466 e. The molecule has 3 nitrogen and oxygen atoms in total. The number of rotatable bonds is 3. The monoisotopic (exact) mass is 223 g/mol. The number of thioether (sulfide) groups is 1. The molecule has 1 N–H and O–H groups in total. The fourth-order valence-corrected chi connectivity index (χ4v) is 2.63. The van der Waals surface area contributed by atoms with E-state index in [1.165, 1.54) is 4.90 Å². The van der Waals surface area contributed by atoms with Gasteiger partial charge in [0.2, 0.25) is 0 Å². The molecular weight excluding hydrogens is 210 g/mol. The van der Waals surface area contributed by atoms with Crippen molar-refractivity contribution in [3.8, 4) is 0 Å². The molecule has 0 fully saturated rings. The van der Waals surface area contributed by atoms with Crippen LogP contribution in [-0.4, -0.2) is 18.0 Å². The number of hydrogen-bond acceptors (Lipinski definition) is 4. The third-order valence-corrected chi connectivity index (χ3v) is 3.31. The van der Waals surface area contributed by atoms with Crippen LogP contribution in [0.2, 0.25) is 0 Å². The lowest BCUT2D eigenvalue weighted by molar-refractivity contribution is -0.142. The lowest BCUT2D eigenvalue weighted by Gasteiger charge is -2.08. The second-order valence-corrected chi connectivity index (χ2v) is 4.50. The van der Waals surface area contributed by atoms with Crippen LogP contribution in [0.4, 0.5) is 5.69 Å². The van der Waals surface area contributed by atoms with Crippen molar-refractivity contribution in [2.45, 2.75) is 23.6 Å². The second-order valence-electron chi connectivity index (χ2n) is 3.26. The summed E-state index contributed by atoms with van der Waals surface area (Å²) in [5, 5.41) is 3.40. The first-order valence-electron chi connectivity index (χ1n) is 4.97. The zero-order valence-corrected chi connectivity index (χ0v) is 9.34. The standard InChI is InChI=1S/C11H13NO2S/c1-2-14-11(13)7-10-12-8-5-3-4-6-9(8)15-10/h3-6,10,12H,2,7H2,1H3. The van der Waals surface area contributed by atoms with Gasteiger partial charge in [-0.05, 0) is 19.1 Å². The molecule has 0 saturated heterocycles. The molecule has 1 aliphatic heterocycles. The Labute approximate surface area is 93.2 Å². The average Bonchev–Trinajstić information content (AvgIpc) is 2.59. The Balaban J connectivity index is 1.93. The number of fused-ring (bicyclic) bond motifs is 1. The minimum atomic E-state index is -0.143. The first-order chi connectivity index (χ1) is 7.29. The highest BCUT2D eigenvalue weighted by atomic mass is 32.2. The molecule has 0 radical (unpaired) electrons. The predicted molar refractivity (Wildman–Crippen MR) is 61.0 cm³/mol. The van der Waals surface area contributed by atoms with Crippen LogP contribution >= 0.6 is 11.8 Å². The molecule has 0 spiro atoms. The predicted octanol–water partition coefficient (Wildman–Crippen LogP) is 2.48. The maximum absolute atomic E-state index is 11.3. The van der Waals surface area contributed by atoms with Gasteiger partial charge < -0.3 is 10.1 Å². The van der Waals surface area contributed by atoms with Gasteiger partial charge in [-0.3, -0.25) is 4.79 Å². The van der Waals surface area contributed by atoms with Crippen LogP contribution in [0.25, 0.3) is 0 Å². The fraction of sp³-hybridized carbons (Fsp3) is 0.364. The van der Waals surface area contributed by atoms with Gasteiger partial charge in [-0.15, -0.1) is 0 Å². The average molecular weight is 223 g/mol. The van der Waals surface area contributed by atoms with Crippen LogP contribution < -0.4 is 5.32 Å². The highest BCUT2D eigenvalue weighted by molar-refractivity contribution is 8.00. The zero-order chi connectivity index (χ0) is 10.7. The molecule has 0 amide bonds. The van der Waals surface area contributed by atoms with E-state index in [9.17, 15) is 4.79 Å². The highest BCUT2D eigenvalue weighted by Gasteiger charge is 2.23. The van der Waals surface area contributed by atoms with Gasteiger partial charge in [0.15, 0.2) is 0 Å². The van der Waals surface area contributed by atoms with Crippen LogP contribution in [0.3, 0.4) is 0 Å². The van der Waals surface area contributed by atoms with Crippen molar-refractivity contribution >= 4 is 23.4 Å². The maximum atomic E-state index is 11.3. The summed E-state index contributed by atoms with van der Waals surface area (Å²) >= 11 is 1.68. The molecule has 15 heavy (non-hydrogen) atoms. The fourth-order valence-electron chi connectivity index (χ4n) is 1.51. The van der Waals surface area contributed by atoms with Gasteiger partial charge in [0.05, 0.1) is 18.4 Å². The zero-order valence-electron chi connectivity index (χ0n) is 8.53. The molecule has 1 heterocycles. The normalized spacial score (nSPS) is 18.1. The van der Waals surface area contributed by atoms with Crippen molar-refractivity contribution in [1.29, 1.82) is 0 Å². The summed E-state index contributed by atoms with van der Waals surface area (Å²) in [5.41, 5.74) is 1.11. The molecule has 1 aromatic rings. The van der Waals surface area contributed by atoms with E-state index in [4.69, 9.17) is 4.74 Å². The molecule has 0 aromatic heterocycles. The van der Waals surface area contributed by atoms with Gasteiger partial charge in [-0.1, -0.05) is 23.9 Å². The lowest BCUT2D eigenvalue weighted by Crippen LogP contribution is -2.17. The third-order valence-electron chi connectivity index (χ3n) is 2.13. The lowest BCUT2D eigenvalue weighted by atomic mass is 10.3. The Kier molecular flexibility index (Phi) is 3.16. The third kappa shape index (κ3) is 2.45. The summed E-state index contributed by atoms with van der Waals surface area (Å²) in [7, 11) is 0. The van der Waals surface area contributed by atoms with Gasteiger partial charge in [0, 0.05) is 10.6 Å². The number of para-hydroxylation sites is 1. The van der Waals surface area contributed by atoms with Crippen molar-refractivity contribution in [3.05, 3.63) is 24.3 Å². The number of benzene rings is 1. The molecule has 80 valence electrons. The number of nitrogens with one attached hydrogen (secondary N) is 1. The first kappa shape index (κ1) is 10.4. The minimum absolute atomic E-state index is 0.112. The summed E-state index contributed by atoms with van der Waals surface area (Å²) in [6.07, 6.45) is 0.410. The van der Waals surface area contributed by atoms with Gasteiger partial charge in [0.1, 0.15) is 0 Å². The van der Waals surface area contributed by atoms with E-state index in [-0.39, 0.29) is 11.3 Å². The molecule has 0 aliphatic carbocycles. The Morgan fingerprint density at radius 1 is 1.53 bits per heavy atom. The van der Waals surface area contributed by atoms with Crippen LogP contribution in [0, 0.1) is 0 Å². The molecule has 4 heteroatoms. The summed E-state index contributed by atoms with van der Waals surface area (Å²) in [6, 6.07) is 8.06. The number of anilines is 1.